The second kappa shape index (κ2) is 8.57. The normalized spacial score (nSPS) is 13.7. The van der Waals surface area contributed by atoms with Crippen LogP contribution in [0.15, 0.2) is 35.5 Å². The van der Waals surface area contributed by atoms with E-state index in [1.54, 1.807) is 6.92 Å². The van der Waals surface area contributed by atoms with Gasteiger partial charge in [0.05, 0.1) is 17.0 Å². The van der Waals surface area contributed by atoms with E-state index in [1.807, 2.05) is 0 Å². The van der Waals surface area contributed by atoms with Crippen LogP contribution in [0.25, 0.3) is 0 Å². The third-order valence-corrected chi connectivity index (χ3v) is 4.95. The van der Waals surface area contributed by atoms with Crippen LogP contribution in [0.2, 0.25) is 0 Å². The molecule has 2 aromatic heterocycles. The number of aromatic nitrogens is 3. The van der Waals surface area contributed by atoms with Crippen LogP contribution in [-0.2, 0) is 10.8 Å². The zero-order valence-electron chi connectivity index (χ0n) is 15.9. The fourth-order valence-corrected chi connectivity index (χ4v) is 3.46. The van der Waals surface area contributed by atoms with Gasteiger partial charge in [-0.3, -0.25) is 4.21 Å². The van der Waals surface area contributed by atoms with Crippen molar-refractivity contribution in [3.63, 3.8) is 0 Å². The van der Waals surface area contributed by atoms with E-state index in [2.05, 4.69) is 25.0 Å². The molecule has 0 aliphatic carbocycles. The van der Waals surface area contributed by atoms with Gasteiger partial charge in [-0.15, -0.1) is 13.2 Å². The molecule has 0 saturated heterocycles. The molecule has 3 aromatic rings. The number of hydrogen-bond acceptors (Lipinski definition) is 5. The average Bonchev–Trinajstić information content (AvgIpc) is 3.03. The standard InChI is InChI=1S/C18H14F6N4O2S/c1-8-17(31(2)29)28-16(26-8)14(27-15-12(21)6-10(19)7-25-15)9-3-4-13(11(20)5-9)30-18(22,23)24/h3-7,14H,1-2H3,(H,25,27)(H,26,28)/t14-,31+/m1/s1. The first-order chi connectivity index (χ1) is 14.4. The smallest absolute Gasteiger partial charge is 0.403 e. The lowest BCUT2D eigenvalue weighted by atomic mass is 10.1. The lowest BCUT2D eigenvalue weighted by molar-refractivity contribution is -0.275. The Hall–Kier alpha value is -3.09. The Labute approximate surface area is 174 Å². The third kappa shape index (κ3) is 5.34. The Bertz CT molecular complexity index is 1130. The summed E-state index contributed by atoms with van der Waals surface area (Å²) in [4.78, 5) is 10.6. The molecular weight excluding hydrogens is 450 g/mol. The molecule has 166 valence electrons. The monoisotopic (exact) mass is 464 g/mol. The predicted molar refractivity (Wildman–Crippen MR) is 98.4 cm³/mol. The van der Waals surface area contributed by atoms with Crippen molar-refractivity contribution in [3.8, 4) is 5.75 Å². The van der Waals surface area contributed by atoms with Crippen LogP contribution in [0.3, 0.4) is 0 Å². The van der Waals surface area contributed by atoms with Crippen LogP contribution in [0.1, 0.15) is 23.1 Å². The molecule has 0 saturated carbocycles. The SMILES string of the molecule is Cc1[nH]c([C@H](Nc2ncc(F)cc2F)c2ccc(OC(F)(F)F)c(F)c2)nc1[S@](C)=O. The van der Waals surface area contributed by atoms with Crippen molar-refractivity contribution >= 4 is 16.6 Å². The van der Waals surface area contributed by atoms with Crippen molar-refractivity contribution in [1.29, 1.82) is 0 Å². The lowest BCUT2D eigenvalue weighted by Gasteiger charge is -2.19. The number of nitrogens with one attached hydrogen (secondary N) is 2. The Morgan fingerprint density at radius 3 is 2.42 bits per heavy atom. The van der Waals surface area contributed by atoms with Gasteiger partial charge in [0, 0.05) is 18.0 Å². The van der Waals surface area contributed by atoms with E-state index in [0.717, 1.165) is 24.4 Å². The fourth-order valence-electron chi connectivity index (χ4n) is 2.75. The first-order valence-corrected chi connectivity index (χ1v) is 10.0. The van der Waals surface area contributed by atoms with Crippen LogP contribution < -0.4 is 10.1 Å². The Morgan fingerprint density at radius 2 is 1.87 bits per heavy atom. The number of rotatable bonds is 6. The second-order valence-corrected chi connectivity index (χ2v) is 7.60. The number of imidazole rings is 1. The number of ether oxygens (including phenoxy) is 1. The summed E-state index contributed by atoms with van der Waals surface area (Å²) >= 11 is 0. The van der Waals surface area contributed by atoms with Crippen molar-refractivity contribution < 1.29 is 35.3 Å². The molecule has 0 spiro atoms. The van der Waals surface area contributed by atoms with Gasteiger partial charge in [0.2, 0.25) is 0 Å². The van der Waals surface area contributed by atoms with Gasteiger partial charge in [0.15, 0.2) is 23.2 Å². The number of pyridine rings is 1. The highest BCUT2D eigenvalue weighted by molar-refractivity contribution is 7.84. The first kappa shape index (κ1) is 22.6. The minimum atomic E-state index is -5.10. The summed E-state index contributed by atoms with van der Waals surface area (Å²) in [5, 5.41) is 2.78. The van der Waals surface area contributed by atoms with Crippen molar-refractivity contribution in [3.05, 3.63) is 65.0 Å². The highest BCUT2D eigenvalue weighted by Crippen LogP contribution is 2.32. The Balaban J connectivity index is 2.06. The molecule has 0 fully saturated rings. The van der Waals surface area contributed by atoms with Crippen LogP contribution in [0.5, 0.6) is 5.75 Å². The maximum atomic E-state index is 14.3. The molecule has 0 unspecified atom stereocenters. The molecule has 0 aliphatic heterocycles. The molecule has 6 nitrogen and oxygen atoms in total. The summed E-state index contributed by atoms with van der Waals surface area (Å²) in [5.74, 6) is -4.77. The Kier molecular flexibility index (Phi) is 6.25. The summed E-state index contributed by atoms with van der Waals surface area (Å²) in [5.41, 5.74) is 0.424. The van der Waals surface area contributed by atoms with Gasteiger partial charge in [-0.05, 0) is 24.6 Å². The van der Waals surface area contributed by atoms with Gasteiger partial charge in [0.25, 0.3) is 0 Å². The van der Waals surface area contributed by atoms with Crippen molar-refractivity contribution in [2.24, 2.45) is 0 Å². The zero-order chi connectivity index (χ0) is 22.9. The number of H-pyrrole nitrogens is 1. The lowest BCUT2D eigenvalue weighted by Crippen LogP contribution is -2.19. The minimum absolute atomic E-state index is 0.0136. The molecule has 2 atom stereocenters. The molecule has 0 amide bonds. The van der Waals surface area contributed by atoms with E-state index in [0.29, 0.717) is 11.8 Å². The predicted octanol–water partition coefficient (Wildman–Crippen LogP) is 4.37. The van der Waals surface area contributed by atoms with E-state index in [-0.39, 0.29) is 16.4 Å². The van der Waals surface area contributed by atoms with E-state index >= 15 is 0 Å². The molecule has 2 N–H and O–H groups in total. The number of hydrogen-bond donors (Lipinski definition) is 2. The van der Waals surface area contributed by atoms with Gasteiger partial charge >= 0.3 is 6.36 Å². The maximum Gasteiger partial charge on any atom is 0.573 e. The molecule has 31 heavy (non-hydrogen) atoms. The average molecular weight is 464 g/mol. The molecule has 13 heteroatoms. The minimum Gasteiger partial charge on any atom is -0.403 e. The fraction of sp³-hybridized carbons (Fsp3) is 0.222. The van der Waals surface area contributed by atoms with Crippen molar-refractivity contribution in [2.45, 2.75) is 24.4 Å². The number of aromatic amines is 1. The summed E-state index contributed by atoms with van der Waals surface area (Å²) in [6, 6.07) is 1.98. The topological polar surface area (TPSA) is 79.9 Å². The van der Waals surface area contributed by atoms with Gasteiger partial charge in [-0.25, -0.2) is 23.1 Å². The molecule has 0 radical (unpaired) electrons. The van der Waals surface area contributed by atoms with Crippen LogP contribution >= 0.6 is 0 Å². The van der Waals surface area contributed by atoms with Crippen LogP contribution in [0.4, 0.5) is 32.2 Å². The second-order valence-electron chi connectivity index (χ2n) is 6.31. The Morgan fingerprint density at radius 1 is 1.16 bits per heavy atom. The van der Waals surface area contributed by atoms with Gasteiger partial charge in [0.1, 0.15) is 22.7 Å². The molecule has 2 heterocycles. The van der Waals surface area contributed by atoms with Gasteiger partial charge in [-0.2, -0.15) is 0 Å². The highest BCUT2D eigenvalue weighted by atomic mass is 32.2. The maximum absolute atomic E-state index is 14.3. The van der Waals surface area contributed by atoms with Crippen molar-refractivity contribution in [1.82, 2.24) is 15.0 Å². The number of anilines is 1. The number of aryl methyl sites for hydroxylation is 1. The third-order valence-electron chi connectivity index (χ3n) is 4.01. The largest absolute Gasteiger partial charge is 0.573 e. The number of nitrogens with zero attached hydrogens (tertiary/aromatic N) is 2. The summed E-state index contributed by atoms with van der Waals surface area (Å²) in [6.07, 6.45) is -2.98. The van der Waals surface area contributed by atoms with E-state index in [4.69, 9.17) is 0 Å². The first-order valence-electron chi connectivity index (χ1n) is 8.47. The van der Waals surface area contributed by atoms with E-state index < -0.39 is 52.2 Å². The highest BCUT2D eigenvalue weighted by Gasteiger charge is 2.33. The molecule has 3 rings (SSSR count). The van der Waals surface area contributed by atoms with Gasteiger partial charge < -0.3 is 15.0 Å². The number of benzene rings is 1. The number of halogens is 6. The molecule has 0 aliphatic rings. The molecule has 0 bridgehead atoms. The molecule has 1 aromatic carbocycles. The van der Waals surface area contributed by atoms with E-state index in [1.165, 1.54) is 6.26 Å². The molecular formula is C18H14F6N4O2S. The summed E-state index contributed by atoms with van der Waals surface area (Å²) in [6.45, 7) is 1.57. The van der Waals surface area contributed by atoms with Crippen molar-refractivity contribution in [2.75, 3.05) is 11.6 Å². The summed E-state index contributed by atoms with van der Waals surface area (Å²) in [7, 11) is -1.49. The van der Waals surface area contributed by atoms with E-state index in [9.17, 15) is 30.6 Å². The zero-order valence-corrected chi connectivity index (χ0v) is 16.7. The summed E-state index contributed by atoms with van der Waals surface area (Å²) < 4.78 is 94.2. The number of alkyl halides is 3. The van der Waals surface area contributed by atoms with Crippen LogP contribution in [-0.4, -0.2) is 31.8 Å². The van der Waals surface area contributed by atoms with Crippen LogP contribution in [0, 0.1) is 24.4 Å². The van der Waals surface area contributed by atoms with Gasteiger partial charge in [-0.1, -0.05) is 6.07 Å². The quantitative estimate of drug-likeness (QED) is 0.530.